The maximum atomic E-state index is 12.3. The highest BCUT2D eigenvalue weighted by Gasteiger charge is 2.20. The van der Waals surface area contributed by atoms with E-state index in [1.165, 1.54) is 17.3 Å². The molecule has 0 spiro atoms. The number of benzene rings is 2. The lowest BCUT2D eigenvalue weighted by atomic mass is 10.2. The van der Waals surface area contributed by atoms with Crippen LogP contribution in [0.1, 0.15) is 31.3 Å². The number of allylic oxidation sites excluding steroid dienone is 1. The molecule has 1 atom stereocenters. The highest BCUT2D eigenvalue weighted by molar-refractivity contribution is 7.99. The lowest BCUT2D eigenvalue weighted by molar-refractivity contribution is -0.113. The Labute approximate surface area is 191 Å². The smallest absolute Gasteiger partial charge is 0.234 e. The Kier molecular flexibility index (Phi) is 8.14. The summed E-state index contributed by atoms with van der Waals surface area (Å²) in [5, 5.41) is 12.6. The molecule has 0 aliphatic heterocycles. The summed E-state index contributed by atoms with van der Waals surface area (Å²) in [4.78, 5) is 12.3. The van der Waals surface area contributed by atoms with Crippen molar-refractivity contribution in [2.75, 3.05) is 11.1 Å². The number of thioether (sulfide) groups is 1. The molecule has 1 unspecified atom stereocenters. The summed E-state index contributed by atoms with van der Waals surface area (Å²) in [6, 6.07) is 15.1. The average molecular weight is 457 g/mol. The van der Waals surface area contributed by atoms with Crippen LogP contribution in [0.15, 0.2) is 66.3 Å². The first-order valence-electron chi connectivity index (χ1n) is 9.98. The van der Waals surface area contributed by atoms with E-state index >= 15 is 0 Å². The molecule has 6 nitrogen and oxygen atoms in total. The van der Waals surface area contributed by atoms with E-state index in [0.29, 0.717) is 28.2 Å². The lowest BCUT2D eigenvalue weighted by Gasteiger charge is -2.16. The summed E-state index contributed by atoms with van der Waals surface area (Å²) in [6.45, 7) is 8.38. The zero-order valence-corrected chi connectivity index (χ0v) is 19.1. The number of hydrogen-bond acceptors (Lipinski definition) is 5. The molecular weight excluding hydrogens is 432 g/mol. The van der Waals surface area contributed by atoms with Crippen LogP contribution in [0.5, 0.6) is 5.75 Å². The van der Waals surface area contributed by atoms with Crippen LogP contribution in [0.4, 0.5) is 5.69 Å². The molecule has 0 aliphatic rings. The largest absolute Gasteiger partial charge is 0.483 e. The molecular formula is C23H25ClN4O2S. The number of carbonyl (C=O) groups is 1. The molecule has 1 heterocycles. The molecule has 0 radical (unpaired) electrons. The number of carbonyl (C=O) groups excluding carboxylic acids is 1. The van der Waals surface area contributed by atoms with Gasteiger partial charge in [-0.1, -0.05) is 54.6 Å². The van der Waals surface area contributed by atoms with Crippen molar-refractivity contribution in [2.24, 2.45) is 0 Å². The number of halogens is 1. The van der Waals surface area contributed by atoms with Crippen molar-refractivity contribution in [3.8, 4) is 5.75 Å². The van der Waals surface area contributed by atoms with Crippen molar-refractivity contribution < 1.29 is 9.53 Å². The maximum Gasteiger partial charge on any atom is 0.234 e. The average Bonchev–Trinajstić information content (AvgIpc) is 3.16. The lowest BCUT2D eigenvalue weighted by Crippen LogP contribution is -2.15. The van der Waals surface area contributed by atoms with Crippen LogP contribution in [0, 0.1) is 0 Å². The van der Waals surface area contributed by atoms with Gasteiger partial charge in [0.25, 0.3) is 0 Å². The number of ether oxygens (including phenoxy) is 1. The summed E-state index contributed by atoms with van der Waals surface area (Å²) in [5.41, 5.74) is 1.91. The number of aryl methyl sites for hydroxylation is 1. The molecule has 3 rings (SSSR count). The number of nitrogens with zero attached hydrogens (tertiary/aromatic N) is 3. The van der Waals surface area contributed by atoms with Gasteiger partial charge in [0.2, 0.25) is 5.91 Å². The van der Waals surface area contributed by atoms with Gasteiger partial charge in [-0.25, -0.2) is 0 Å². The third kappa shape index (κ3) is 6.35. The Bertz CT molecular complexity index is 1040. The van der Waals surface area contributed by atoms with E-state index in [-0.39, 0.29) is 17.8 Å². The topological polar surface area (TPSA) is 69.0 Å². The summed E-state index contributed by atoms with van der Waals surface area (Å²) in [5.74, 6) is 1.49. The van der Waals surface area contributed by atoms with Gasteiger partial charge in [0, 0.05) is 17.3 Å². The van der Waals surface area contributed by atoms with Crippen LogP contribution >= 0.6 is 23.4 Å². The Morgan fingerprint density at radius 1 is 1.29 bits per heavy atom. The summed E-state index contributed by atoms with van der Waals surface area (Å²) >= 11 is 7.27. The monoisotopic (exact) mass is 456 g/mol. The molecule has 8 heteroatoms. The Hall–Kier alpha value is -2.77. The number of rotatable bonds is 10. The van der Waals surface area contributed by atoms with E-state index in [1.807, 2.05) is 23.6 Å². The van der Waals surface area contributed by atoms with Crippen LogP contribution in [0.3, 0.4) is 0 Å². The molecule has 0 aliphatic carbocycles. The normalized spacial score (nSPS) is 11.7. The quantitative estimate of drug-likeness (QED) is 0.320. The van der Waals surface area contributed by atoms with Crippen molar-refractivity contribution in [3.63, 3.8) is 0 Å². The van der Waals surface area contributed by atoms with Crippen molar-refractivity contribution in [1.82, 2.24) is 14.8 Å². The second kappa shape index (κ2) is 11.0. The van der Waals surface area contributed by atoms with Crippen molar-refractivity contribution >= 4 is 35.0 Å². The second-order valence-electron chi connectivity index (χ2n) is 6.84. The van der Waals surface area contributed by atoms with E-state index in [2.05, 4.69) is 41.1 Å². The third-order valence-corrected chi connectivity index (χ3v) is 5.71. The Morgan fingerprint density at radius 3 is 2.74 bits per heavy atom. The van der Waals surface area contributed by atoms with Gasteiger partial charge in [-0.2, -0.15) is 0 Å². The van der Waals surface area contributed by atoms with Gasteiger partial charge in [0.15, 0.2) is 17.1 Å². The molecule has 0 fully saturated rings. The van der Waals surface area contributed by atoms with Gasteiger partial charge in [-0.15, -0.1) is 16.8 Å². The van der Waals surface area contributed by atoms with E-state index < -0.39 is 0 Å². The standard InChI is InChI=1S/C23H25ClN4O2S/c1-4-13-28-22(16(3)30-20-11-9-17(5-2)10-12-20)26-27-23(28)31-15-21(29)25-19-8-6-7-18(24)14-19/h4,6-12,14,16H,1,5,13,15H2,2-3H3,(H,25,29). The highest BCUT2D eigenvalue weighted by atomic mass is 35.5. The molecule has 1 amide bonds. The van der Waals surface area contributed by atoms with Crippen LogP contribution < -0.4 is 10.1 Å². The van der Waals surface area contributed by atoms with Gasteiger partial charge in [-0.05, 0) is 49.2 Å². The highest BCUT2D eigenvalue weighted by Crippen LogP contribution is 2.25. The van der Waals surface area contributed by atoms with Gasteiger partial charge in [0.05, 0.1) is 5.75 Å². The van der Waals surface area contributed by atoms with E-state index in [9.17, 15) is 4.79 Å². The first-order valence-corrected chi connectivity index (χ1v) is 11.3. The molecule has 0 saturated heterocycles. The number of amides is 1. The summed E-state index contributed by atoms with van der Waals surface area (Å²) in [7, 11) is 0. The van der Waals surface area contributed by atoms with Crippen molar-refractivity contribution in [2.45, 2.75) is 38.1 Å². The van der Waals surface area contributed by atoms with Gasteiger partial charge >= 0.3 is 0 Å². The van der Waals surface area contributed by atoms with Crippen LogP contribution in [-0.2, 0) is 17.8 Å². The van der Waals surface area contributed by atoms with Crippen LogP contribution in [-0.4, -0.2) is 26.4 Å². The number of hydrogen-bond donors (Lipinski definition) is 1. The second-order valence-corrected chi connectivity index (χ2v) is 8.22. The summed E-state index contributed by atoms with van der Waals surface area (Å²) in [6.07, 6.45) is 2.44. The van der Waals surface area contributed by atoms with Crippen molar-refractivity contribution in [1.29, 1.82) is 0 Å². The first-order chi connectivity index (χ1) is 15.0. The van der Waals surface area contributed by atoms with Crippen LogP contribution in [0.25, 0.3) is 0 Å². The van der Waals surface area contributed by atoms with E-state index in [1.54, 1.807) is 30.3 Å². The minimum Gasteiger partial charge on any atom is -0.483 e. The predicted octanol–water partition coefficient (Wildman–Crippen LogP) is 5.55. The zero-order chi connectivity index (χ0) is 22.2. The van der Waals surface area contributed by atoms with Crippen LogP contribution in [0.2, 0.25) is 5.02 Å². The molecule has 162 valence electrons. The third-order valence-electron chi connectivity index (χ3n) is 4.51. The molecule has 1 N–H and O–H groups in total. The Balaban J connectivity index is 1.65. The number of anilines is 1. The fourth-order valence-electron chi connectivity index (χ4n) is 2.96. The van der Waals surface area contributed by atoms with Gasteiger partial charge in [-0.3, -0.25) is 9.36 Å². The molecule has 31 heavy (non-hydrogen) atoms. The fourth-order valence-corrected chi connectivity index (χ4v) is 3.91. The van der Waals surface area contributed by atoms with Gasteiger partial charge in [0.1, 0.15) is 5.75 Å². The van der Waals surface area contributed by atoms with Crippen molar-refractivity contribution in [3.05, 3.63) is 77.6 Å². The minimum absolute atomic E-state index is 0.151. The summed E-state index contributed by atoms with van der Waals surface area (Å²) < 4.78 is 7.97. The number of aromatic nitrogens is 3. The minimum atomic E-state index is -0.311. The SMILES string of the molecule is C=CCn1c(SCC(=O)Nc2cccc(Cl)c2)nnc1C(C)Oc1ccc(CC)cc1. The molecule has 0 saturated carbocycles. The molecule has 0 bridgehead atoms. The van der Waals surface area contributed by atoms with Gasteiger partial charge < -0.3 is 10.1 Å². The fraction of sp³-hybridized carbons (Fsp3) is 0.261. The maximum absolute atomic E-state index is 12.3. The van der Waals surface area contributed by atoms with E-state index in [4.69, 9.17) is 16.3 Å². The first kappa shape index (κ1) is 22.9. The molecule has 3 aromatic rings. The predicted molar refractivity (Wildman–Crippen MR) is 126 cm³/mol. The molecule has 1 aromatic heterocycles. The number of nitrogens with one attached hydrogen (secondary N) is 1. The molecule has 2 aromatic carbocycles. The zero-order valence-electron chi connectivity index (χ0n) is 17.5. The Morgan fingerprint density at radius 2 is 2.06 bits per heavy atom. The van der Waals surface area contributed by atoms with E-state index in [0.717, 1.165) is 12.2 Å².